The van der Waals surface area contributed by atoms with Crippen LogP contribution < -0.4 is 27.9 Å². The third kappa shape index (κ3) is 7.62. The zero-order valence-corrected chi connectivity index (χ0v) is 15.5. The predicted molar refractivity (Wildman–Crippen MR) is 107 cm³/mol. The molecular weight excluding hydrogens is 348 g/mol. The molecule has 7 nitrogen and oxygen atoms in total. The molecule has 140 valence electrons. The summed E-state index contributed by atoms with van der Waals surface area (Å²) < 4.78 is 0. The maximum absolute atomic E-state index is 11.9. The number of nitrogens with zero attached hydrogens (tertiary/aromatic N) is 1. The zero-order valence-electron chi connectivity index (χ0n) is 14.7. The molecule has 1 aliphatic rings. The lowest BCUT2D eigenvalue weighted by atomic mass is 10.1. The zero-order chi connectivity index (χ0) is 18.8. The number of amides is 1. The first-order valence-electron chi connectivity index (χ1n) is 8.53. The molecule has 1 aromatic carbocycles. The smallest absolute Gasteiger partial charge is 0.229 e. The fourth-order valence-corrected chi connectivity index (χ4v) is 3.13. The van der Waals surface area contributed by atoms with Crippen LogP contribution in [-0.4, -0.2) is 16.4 Å². The number of hydrazone groups is 1. The van der Waals surface area contributed by atoms with Crippen LogP contribution in [0.3, 0.4) is 0 Å². The van der Waals surface area contributed by atoms with Gasteiger partial charge in [0.1, 0.15) is 11.3 Å². The van der Waals surface area contributed by atoms with E-state index in [-0.39, 0.29) is 23.6 Å². The van der Waals surface area contributed by atoms with E-state index < -0.39 is 0 Å². The molecule has 0 aromatic heterocycles. The van der Waals surface area contributed by atoms with Crippen molar-refractivity contribution in [1.82, 2.24) is 10.7 Å². The van der Waals surface area contributed by atoms with E-state index >= 15 is 0 Å². The van der Waals surface area contributed by atoms with Crippen molar-refractivity contribution in [1.29, 1.82) is 0 Å². The van der Waals surface area contributed by atoms with Gasteiger partial charge in [0.15, 0.2) is 0 Å². The molecule has 2 rings (SSSR count). The van der Waals surface area contributed by atoms with E-state index in [4.69, 9.17) is 17.2 Å². The lowest BCUT2D eigenvalue weighted by Crippen LogP contribution is -2.28. The van der Waals surface area contributed by atoms with Gasteiger partial charge in [-0.2, -0.15) is 5.10 Å². The minimum Gasteiger partial charge on any atom is -0.402 e. The van der Waals surface area contributed by atoms with Gasteiger partial charge in [-0.1, -0.05) is 42.1 Å². The van der Waals surface area contributed by atoms with Crippen LogP contribution in [0.4, 0.5) is 0 Å². The summed E-state index contributed by atoms with van der Waals surface area (Å²) in [6.45, 7) is 0. The number of nitrogens with two attached hydrogens (primary N) is 3. The van der Waals surface area contributed by atoms with Crippen LogP contribution in [-0.2, 0) is 11.2 Å². The van der Waals surface area contributed by atoms with Crippen LogP contribution in [0, 0.1) is 0 Å². The number of thioether (sulfide) groups is 1. The second-order valence-electron chi connectivity index (χ2n) is 5.95. The molecule has 1 amide bonds. The van der Waals surface area contributed by atoms with Crippen molar-refractivity contribution in [3.63, 3.8) is 0 Å². The highest BCUT2D eigenvalue weighted by atomic mass is 32.2. The van der Waals surface area contributed by atoms with Gasteiger partial charge in [0.05, 0.1) is 11.5 Å². The molecule has 0 fully saturated rings. The molecule has 1 heterocycles. The van der Waals surface area contributed by atoms with Crippen molar-refractivity contribution in [3.05, 3.63) is 59.6 Å². The Kier molecular flexibility index (Phi) is 8.04. The number of hydrogen-bond donors (Lipinski definition) is 5. The standard InChI is InChI=1S/C18H26N6OS/c19-14(8-4-5-9-17-23-24-18(21)26-17)10-11-15(20)22-16(25)12-13-6-2-1-3-7-13/h1-3,6-7,10-11,18,24H,4-5,8-9,12,19-21H2,(H,22,25)/b14-10-,15-11+. The number of benzene rings is 1. The molecule has 1 aliphatic heterocycles. The molecule has 26 heavy (non-hydrogen) atoms. The van der Waals surface area contributed by atoms with Crippen molar-refractivity contribution < 1.29 is 4.79 Å². The maximum Gasteiger partial charge on any atom is 0.229 e. The Morgan fingerprint density at radius 1 is 1.23 bits per heavy atom. The molecule has 1 aromatic rings. The summed E-state index contributed by atoms with van der Waals surface area (Å²) in [7, 11) is 0. The van der Waals surface area contributed by atoms with Crippen molar-refractivity contribution in [3.8, 4) is 0 Å². The molecule has 1 atom stereocenters. The predicted octanol–water partition coefficient (Wildman–Crippen LogP) is 1.44. The monoisotopic (exact) mass is 374 g/mol. The van der Waals surface area contributed by atoms with E-state index in [1.807, 2.05) is 30.3 Å². The fourth-order valence-electron chi connectivity index (χ4n) is 2.36. The van der Waals surface area contributed by atoms with Crippen LogP contribution in [0.1, 0.15) is 31.2 Å². The van der Waals surface area contributed by atoms with E-state index in [0.717, 1.165) is 42.0 Å². The highest BCUT2D eigenvalue weighted by Gasteiger charge is 2.13. The lowest BCUT2D eigenvalue weighted by Gasteiger charge is -2.05. The van der Waals surface area contributed by atoms with E-state index in [1.165, 1.54) is 0 Å². The molecule has 8 heteroatoms. The van der Waals surface area contributed by atoms with Gasteiger partial charge in [0, 0.05) is 5.70 Å². The van der Waals surface area contributed by atoms with E-state index in [1.54, 1.807) is 23.9 Å². The number of carbonyl (C=O) groups excluding carboxylic acids is 1. The summed E-state index contributed by atoms with van der Waals surface area (Å²) in [6, 6.07) is 9.50. The third-order valence-corrected chi connectivity index (χ3v) is 4.58. The number of rotatable bonds is 9. The Balaban J connectivity index is 1.66. The van der Waals surface area contributed by atoms with E-state index in [9.17, 15) is 4.79 Å². The summed E-state index contributed by atoms with van der Waals surface area (Å²) in [5, 5.41) is 7.83. The molecular formula is C18H26N6OS. The van der Waals surface area contributed by atoms with Crippen LogP contribution in [0.15, 0.2) is 59.1 Å². The average Bonchev–Trinajstić information content (AvgIpc) is 3.03. The van der Waals surface area contributed by atoms with Gasteiger partial charge in [-0.25, -0.2) is 0 Å². The minimum atomic E-state index is -0.154. The largest absolute Gasteiger partial charge is 0.402 e. The summed E-state index contributed by atoms with van der Waals surface area (Å²) in [6.07, 6.45) is 7.24. The SMILES string of the molecule is N/C(=C\C=C(/N)NC(=O)Cc1ccccc1)CCCCC1=NNC(N)S1. The lowest BCUT2D eigenvalue weighted by molar-refractivity contribution is -0.119. The quantitative estimate of drug-likeness (QED) is 0.328. The molecule has 0 saturated carbocycles. The number of nitrogens with one attached hydrogen (secondary N) is 2. The number of hydrogen-bond acceptors (Lipinski definition) is 7. The van der Waals surface area contributed by atoms with E-state index in [2.05, 4.69) is 15.8 Å². The Bertz CT molecular complexity index is 686. The second-order valence-corrected chi connectivity index (χ2v) is 7.17. The first kappa shape index (κ1) is 19.9. The number of carbonyl (C=O) groups is 1. The Morgan fingerprint density at radius 3 is 2.69 bits per heavy atom. The van der Waals surface area contributed by atoms with Crippen LogP contribution in [0.5, 0.6) is 0 Å². The van der Waals surface area contributed by atoms with Gasteiger partial charge in [0.2, 0.25) is 5.91 Å². The van der Waals surface area contributed by atoms with Crippen LogP contribution in [0.2, 0.25) is 0 Å². The number of unbranched alkanes of at least 4 members (excludes halogenated alkanes) is 1. The van der Waals surface area contributed by atoms with Crippen LogP contribution in [0.25, 0.3) is 0 Å². The molecule has 8 N–H and O–H groups in total. The van der Waals surface area contributed by atoms with Crippen LogP contribution >= 0.6 is 11.8 Å². The molecule has 0 saturated heterocycles. The Morgan fingerprint density at radius 2 is 2.00 bits per heavy atom. The number of allylic oxidation sites excluding steroid dienone is 3. The molecule has 0 spiro atoms. The molecule has 0 aliphatic carbocycles. The van der Waals surface area contributed by atoms with E-state index in [0.29, 0.717) is 0 Å². The van der Waals surface area contributed by atoms with Crippen molar-refractivity contribution in [2.75, 3.05) is 0 Å². The van der Waals surface area contributed by atoms with Gasteiger partial charge < -0.3 is 22.5 Å². The summed E-state index contributed by atoms with van der Waals surface area (Å²) in [5.41, 5.74) is 21.8. The van der Waals surface area contributed by atoms with Gasteiger partial charge in [-0.3, -0.25) is 10.2 Å². The normalized spacial score (nSPS) is 17.6. The second kappa shape index (κ2) is 10.5. The molecule has 0 bridgehead atoms. The maximum atomic E-state index is 11.9. The summed E-state index contributed by atoms with van der Waals surface area (Å²) in [5.74, 6) is 0.129. The molecule has 0 radical (unpaired) electrons. The van der Waals surface area contributed by atoms with Gasteiger partial charge >= 0.3 is 0 Å². The fraction of sp³-hybridized carbons (Fsp3) is 0.333. The Hall–Kier alpha value is -2.45. The van der Waals surface area contributed by atoms with Crippen molar-refractivity contribution >= 4 is 22.7 Å². The minimum absolute atomic E-state index is 0.125. The molecule has 1 unspecified atom stereocenters. The first-order valence-corrected chi connectivity index (χ1v) is 9.41. The van der Waals surface area contributed by atoms with Gasteiger partial charge in [0.25, 0.3) is 0 Å². The first-order chi connectivity index (χ1) is 12.5. The van der Waals surface area contributed by atoms with Crippen molar-refractivity contribution in [2.24, 2.45) is 22.3 Å². The average molecular weight is 375 g/mol. The van der Waals surface area contributed by atoms with Crippen molar-refractivity contribution in [2.45, 2.75) is 37.6 Å². The van der Waals surface area contributed by atoms with Gasteiger partial charge in [-0.15, -0.1) is 0 Å². The third-order valence-electron chi connectivity index (χ3n) is 3.65. The topological polar surface area (TPSA) is 132 Å². The summed E-state index contributed by atoms with van der Waals surface area (Å²) >= 11 is 1.55. The highest BCUT2D eigenvalue weighted by Crippen LogP contribution is 2.18. The van der Waals surface area contributed by atoms with Gasteiger partial charge in [-0.05, 0) is 43.4 Å². The Labute approximate surface area is 158 Å². The highest BCUT2D eigenvalue weighted by molar-refractivity contribution is 8.14. The summed E-state index contributed by atoms with van der Waals surface area (Å²) in [4.78, 5) is 11.9.